The smallest absolute Gasteiger partial charge is 0.269 e. The Labute approximate surface area is 173 Å². The summed E-state index contributed by atoms with van der Waals surface area (Å²) in [6.45, 7) is 5.67. The lowest BCUT2D eigenvalue weighted by atomic mass is 9.91. The zero-order valence-electron chi connectivity index (χ0n) is 17.1. The molecule has 168 valence electrons. The van der Waals surface area contributed by atoms with Crippen LogP contribution in [0.25, 0.3) is 0 Å². The van der Waals surface area contributed by atoms with Crippen LogP contribution in [0, 0.1) is 5.41 Å². The molecule has 12 heteroatoms. The Balaban J connectivity index is 2.10. The molecule has 8 nitrogen and oxygen atoms in total. The first-order chi connectivity index (χ1) is 12.6. The number of rotatable bonds is 14. The molecule has 5 N–H and O–H groups in total. The zero-order chi connectivity index (χ0) is 21.6. The van der Waals surface area contributed by atoms with E-state index in [4.69, 9.17) is 5.50 Å². The average molecular weight is 479 g/mol. The highest BCUT2D eigenvalue weighted by atomic mass is 32.2. The molecule has 0 aromatic rings. The minimum absolute atomic E-state index is 0.0516. The van der Waals surface area contributed by atoms with E-state index < -0.39 is 36.6 Å². The molecule has 1 fully saturated rings. The maximum Gasteiger partial charge on any atom is 0.269 e. The summed E-state index contributed by atoms with van der Waals surface area (Å²) in [5.41, 5.74) is 4.54. The van der Waals surface area contributed by atoms with Gasteiger partial charge in [0.2, 0.25) is 0 Å². The van der Waals surface area contributed by atoms with Crippen LogP contribution in [-0.2, 0) is 30.7 Å². The second-order valence-corrected chi connectivity index (χ2v) is 16.0. The van der Waals surface area contributed by atoms with Gasteiger partial charge < -0.3 is 9.79 Å². The van der Waals surface area contributed by atoms with Crippen LogP contribution in [0.3, 0.4) is 0 Å². The Kier molecular flexibility index (Phi) is 10.2. The summed E-state index contributed by atoms with van der Waals surface area (Å²) < 4.78 is 46.8. The Morgan fingerprint density at radius 3 is 2.07 bits per heavy atom. The topological polar surface area (TPSA) is 147 Å². The van der Waals surface area contributed by atoms with Gasteiger partial charge in [-0.05, 0) is 44.4 Å². The van der Waals surface area contributed by atoms with Crippen LogP contribution in [0.1, 0.15) is 52.9 Å². The molecule has 0 saturated carbocycles. The van der Waals surface area contributed by atoms with Crippen molar-refractivity contribution in [3.05, 3.63) is 0 Å². The van der Waals surface area contributed by atoms with Gasteiger partial charge in [0.25, 0.3) is 15.0 Å². The van der Waals surface area contributed by atoms with Crippen molar-refractivity contribution in [2.45, 2.75) is 58.4 Å². The summed E-state index contributed by atoms with van der Waals surface area (Å²) in [5, 5.41) is 2.71. The molecule has 0 spiro atoms. The number of hydrogen-bond acceptors (Lipinski definition) is 4. The number of nitrogens with one attached hydrogen (secondary N) is 1. The summed E-state index contributed by atoms with van der Waals surface area (Å²) in [5.74, 6) is 2.10. The number of hydrogen-bond donors (Lipinski definition) is 4. The van der Waals surface area contributed by atoms with Crippen molar-refractivity contribution in [1.82, 2.24) is 5.09 Å². The maximum absolute atomic E-state index is 12.1. The molecule has 5 atom stereocenters. The van der Waals surface area contributed by atoms with Gasteiger partial charge in [-0.15, -0.1) is 0 Å². The lowest BCUT2D eigenvalue weighted by molar-refractivity contribution is 0.319. The first-order valence-electron chi connectivity index (χ1n) is 9.53. The maximum atomic E-state index is 12.1. The summed E-state index contributed by atoms with van der Waals surface area (Å²) in [7, 11) is -8.59. The molecule has 0 amide bonds. The third kappa shape index (κ3) is 11.7. The summed E-state index contributed by atoms with van der Waals surface area (Å²) >= 11 is 0. The van der Waals surface area contributed by atoms with E-state index in [1.165, 1.54) is 0 Å². The SMILES string of the molecule is CC(C)(CCCS(=O)CCCS(=O)CCCC1(C)CP(=O)(O)N1)CP(N)(=O)O. The fraction of sp³-hybridized carbons (Fsp3) is 1.00. The molecule has 1 saturated heterocycles. The molecule has 0 aromatic carbocycles. The van der Waals surface area contributed by atoms with E-state index in [9.17, 15) is 27.3 Å². The van der Waals surface area contributed by atoms with Crippen molar-refractivity contribution >= 4 is 36.6 Å². The van der Waals surface area contributed by atoms with Crippen LogP contribution in [0.2, 0.25) is 0 Å². The third-order valence-electron chi connectivity index (χ3n) is 4.73. The standard InChI is InChI=1S/C16H36N2O6P2S2/c1-15(2,13-25(17,19)20)7-4-9-27(23)11-6-12-28(24)10-5-8-16(3)14-26(21,22)18-16/h4-14H2,1-3H3,(H3,17,19,20)(H2,18,21,22). The van der Waals surface area contributed by atoms with Gasteiger partial charge in [-0.2, -0.15) is 0 Å². The van der Waals surface area contributed by atoms with Crippen LogP contribution >= 0.6 is 15.0 Å². The van der Waals surface area contributed by atoms with Gasteiger partial charge in [-0.3, -0.25) is 23.1 Å². The van der Waals surface area contributed by atoms with Crippen LogP contribution in [0.4, 0.5) is 0 Å². The zero-order valence-corrected chi connectivity index (χ0v) is 20.5. The van der Waals surface area contributed by atoms with Gasteiger partial charge in [0, 0.05) is 56.3 Å². The van der Waals surface area contributed by atoms with Crippen molar-refractivity contribution in [3.63, 3.8) is 0 Å². The lowest BCUT2D eigenvalue weighted by Crippen LogP contribution is -2.54. The van der Waals surface area contributed by atoms with E-state index in [1.807, 2.05) is 20.8 Å². The van der Waals surface area contributed by atoms with Crippen molar-refractivity contribution in [1.29, 1.82) is 0 Å². The molecule has 0 aliphatic carbocycles. The van der Waals surface area contributed by atoms with E-state index in [2.05, 4.69) is 5.09 Å². The molecule has 1 aliphatic rings. The molecule has 28 heavy (non-hydrogen) atoms. The highest BCUT2D eigenvalue weighted by Gasteiger charge is 2.46. The highest BCUT2D eigenvalue weighted by molar-refractivity contribution is 7.85. The Bertz CT molecular complexity index is 658. The van der Waals surface area contributed by atoms with Crippen molar-refractivity contribution < 1.29 is 27.3 Å². The highest BCUT2D eigenvalue weighted by Crippen LogP contribution is 2.52. The second kappa shape index (κ2) is 10.8. The van der Waals surface area contributed by atoms with Crippen molar-refractivity contribution in [3.8, 4) is 0 Å². The third-order valence-corrected chi connectivity index (χ3v) is 11.0. The van der Waals surface area contributed by atoms with Gasteiger partial charge in [0.1, 0.15) is 0 Å². The summed E-state index contributed by atoms with van der Waals surface area (Å²) in [6.07, 6.45) is 3.78. The average Bonchev–Trinajstić information content (AvgIpc) is 2.41. The van der Waals surface area contributed by atoms with E-state index in [1.54, 1.807) is 0 Å². The fourth-order valence-electron chi connectivity index (χ4n) is 3.63. The molecule has 1 rings (SSSR count). The monoisotopic (exact) mass is 478 g/mol. The van der Waals surface area contributed by atoms with Gasteiger partial charge in [-0.25, -0.2) is 5.09 Å². The summed E-state index contributed by atoms with van der Waals surface area (Å²) in [6, 6.07) is 0. The normalized spacial score (nSPS) is 29.6. The minimum atomic E-state index is -3.54. The van der Waals surface area contributed by atoms with Crippen LogP contribution < -0.4 is 10.6 Å². The van der Waals surface area contributed by atoms with Crippen molar-refractivity contribution in [2.24, 2.45) is 10.9 Å². The summed E-state index contributed by atoms with van der Waals surface area (Å²) in [4.78, 5) is 18.6. The van der Waals surface area contributed by atoms with E-state index in [-0.39, 0.29) is 23.3 Å². The molecule has 1 aliphatic heterocycles. The molecule has 5 unspecified atom stereocenters. The van der Waals surface area contributed by atoms with Crippen LogP contribution in [0.5, 0.6) is 0 Å². The largest absolute Gasteiger partial charge is 0.333 e. The molecule has 0 aromatic heterocycles. The Morgan fingerprint density at radius 1 is 1.14 bits per heavy atom. The quantitative estimate of drug-likeness (QED) is 0.278. The minimum Gasteiger partial charge on any atom is -0.333 e. The molecular weight excluding hydrogens is 442 g/mol. The van der Waals surface area contributed by atoms with Crippen LogP contribution in [-0.4, -0.2) is 59.1 Å². The van der Waals surface area contributed by atoms with Gasteiger partial charge in [0.05, 0.1) is 6.16 Å². The predicted octanol–water partition coefficient (Wildman–Crippen LogP) is 2.15. The molecule has 0 bridgehead atoms. The second-order valence-electron chi connectivity index (χ2n) is 8.87. The number of nitrogens with two attached hydrogens (primary N) is 1. The molecule has 1 heterocycles. The van der Waals surface area contributed by atoms with E-state index >= 15 is 0 Å². The Morgan fingerprint density at radius 2 is 1.61 bits per heavy atom. The fourth-order valence-corrected chi connectivity index (χ4v) is 9.49. The first-order valence-corrected chi connectivity index (χ1v) is 16.3. The van der Waals surface area contributed by atoms with E-state index in [0.717, 1.165) is 6.42 Å². The van der Waals surface area contributed by atoms with Crippen molar-refractivity contribution in [2.75, 3.05) is 35.3 Å². The lowest BCUT2D eigenvalue weighted by Gasteiger charge is -2.43. The van der Waals surface area contributed by atoms with Gasteiger partial charge in [-0.1, -0.05) is 13.8 Å². The molecule has 0 radical (unpaired) electrons. The Hall–Kier alpha value is 0.600. The first kappa shape index (κ1) is 26.6. The van der Waals surface area contributed by atoms with E-state index in [0.29, 0.717) is 48.7 Å². The van der Waals surface area contributed by atoms with Crippen LogP contribution in [0.15, 0.2) is 0 Å². The van der Waals surface area contributed by atoms with Gasteiger partial charge >= 0.3 is 0 Å². The molecular formula is C16H36N2O6P2S2. The predicted molar refractivity (Wildman–Crippen MR) is 118 cm³/mol. The van der Waals surface area contributed by atoms with Gasteiger partial charge in [0.15, 0.2) is 0 Å².